The third kappa shape index (κ3) is 11.2. The summed E-state index contributed by atoms with van der Waals surface area (Å²) in [4.78, 5) is 94.7. The third-order valence-corrected chi connectivity index (χ3v) is 8.14. The van der Waals surface area contributed by atoms with Crippen LogP contribution in [0.5, 0.6) is 0 Å². The lowest BCUT2D eigenvalue weighted by Gasteiger charge is -2.38. The zero-order chi connectivity index (χ0) is 34.8. The van der Waals surface area contributed by atoms with Crippen LogP contribution in [-0.4, -0.2) is 131 Å². The monoisotopic (exact) mass is 639 g/mol. The van der Waals surface area contributed by atoms with E-state index < -0.39 is 71.8 Å². The highest BCUT2D eigenvalue weighted by Crippen LogP contribution is 2.19. The van der Waals surface area contributed by atoms with Gasteiger partial charge in [-0.05, 0) is 51.4 Å². The first-order valence-electron chi connectivity index (χ1n) is 15.5. The zero-order valence-corrected chi connectivity index (χ0v) is 28.2. The smallest absolute Gasteiger partial charge is 0.407 e. The molecule has 1 heterocycles. The highest BCUT2D eigenvalue weighted by atomic mass is 16.4. The molecular formula is C30H53N7O8. The minimum absolute atomic E-state index is 0.0262. The summed E-state index contributed by atoms with van der Waals surface area (Å²) >= 11 is 0. The van der Waals surface area contributed by atoms with Gasteiger partial charge in [0.2, 0.25) is 35.4 Å². The van der Waals surface area contributed by atoms with Crippen molar-refractivity contribution in [3.8, 4) is 0 Å². The van der Waals surface area contributed by atoms with Crippen LogP contribution < -0.4 is 16.4 Å². The van der Waals surface area contributed by atoms with Crippen LogP contribution in [0.4, 0.5) is 4.79 Å². The maximum Gasteiger partial charge on any atom is 0.407 e. The van der Waals surface area contributed by atoms with E-state index in [-0.39, 0.29) is 24.7 Å². The number of hydrogen-bond donors (Lipinski definition) is 4. The van der Waals surface area contributed by atoms with Gasteiger partial charge in [0, 0.05) is 34.2 Å². The van der Waals surface area contributed by atoms with Gasteiger partial charge in [-0.2, -0.15) is 0 Å². The molecule has 1 rings (SSSR count). The van der Waals surface area contributed by atoms with Crippen molar-refractivity contribution in [3.63, 3.8) is 0 Å². The number of carboxylic acid groups (broad SMARTS) is 1. The molecule has 0 aromatic carbocycles. The van der Waals surface area contributed by atoms with Gasteiger partial charge in [0.15, 0.2) is 0 Å². The fourth-order valence-corrected chi connectivity index (χ4v) is 5.32. The van der Waals surface area contributed by atoms with Crippen LogP contribution >= 0.6 is 0 Å². The number of nitrogens with two attached hydrogens (primary N) is 1. The molecule has 0 aliphatic carbocycles. The second-order valence-corrected chi connectivity index (χ2v) is 12.6. The summed E-state index contributed by atoms with van der Waals surface area (Å²) in [5.74, 6) is -4.01. The van der Waals surface area contributed by atoms with Gasteiger partial charge in [0.1, 0.15) is 30.2 Å². The number of carbonyl (C=O) groups excluding carboxylic acids is 6. The molecule has 7 amide bonds. The van der Waals surface area contributed by atoms with Gasteiger partial charge in [-0.1, -0.05) is 27.7 Å². The van der Waals surface area contributed by atoms with Gasteiger partial charge in [0.25, 0.3) is 0 Å². The molecule has 1 aliphatic heterocycles. The van der Waals surface area contributed by atoms with Crippen molar-refractivity contribution in [1.82, 2.24) is 30.2 Å². The first-order chi connectivity index (χ1) is 20.8. The molecule has 1 aliphatic rings. The Morgan fingerprint density at radius 1 is 0.778 bits per heavy atom. The molecule has 0 spiro atoms. The largest absolute Gasteiger partial charge is 0.465 e. The van der Waals surface area contributed by atoms with E-state index in [4.69, 9.17) is 5.73 Å². The lowest BCUT2D eigenvalue weighted by Crippen LogP contribution is -2.60. The van der Waals surface area contributed by atoms with Crippen molar-refractivity contribution >= 4 is 41.5 Å². The van der Waals surface area contributed by atoms with Gasteiger partial charge in [-0.25, -0.2) is 4.79 Å². The van der Waals surface area contributed by atoms with Crippen LogP contribution in [-0.2, 0) is 28.8 Å². The summed E-state index contributed by atoms with van der Waals surface area (Å²) in [7, 11) is 4.08. The molecule has 256 valence electrons. The molecule has 15 nitrogen and oxygen atoms in total. The average Bonchev–Trinajstić information content (AvgIpc) is 2.97. The van der Waals surface area contributed by atoms with E-state index >= 15 is 0 Å². The molecule has 15 heteroatoms. The van der Waals surface area contributed by atoms with E-state index in [1.54, 1.807) is 18.7 Å². The van der Waals surface area contributed by atoms with Crippen molar-refractivity contribution < 1.29 is 38.7 Å². The fraction of sp³-hybridized carbons (Fsp3) is 0.767. The number of nitrogens with zero attached hydrogens (tertiary/aromatic N) is 4. The number of primary amides is 1. The van der Waals surface area contributed by atoms with E-state index in [0.29, 0.717) is 13.1 Å². The number of nitrogens with one attached hydrogen (secondary N) is 2. The van der Waals surface area contributed by atoms with E-state index in [0.717, 1.165) is 24.2 Å². The van der Waals surface area contributed by atoms with Crippen LogP contribution in [0.25, 0.3) is 0 Å². The molecular weight excluding hydrogens is 586 g/mol. The van der Waals surface area contributed by atoms with Crippen molar-refractivity contribution in [2.24, 2.45) is 17.6 Å². The Morgan fingerprint density at radius 2 is 1.33 bits per heavy atom. The molecule has 1 fully saturated rings. The molecule has 0 saturated carbocycles. The zero-order valence-electron chi connectivity index (χ0n) is 28.2. The molecule has 5 atom stereocenters. The standard InChI is InChI=1S/C30H53N7O8/c1-17(2)15-21(33-25(39)20(6)34(7)30(44)45)26(40)32-19(5)27(41)36(9)24(18(3)4)29(43)35(8)22(16-23(31)38)28(42)37-13-11-10-12-14-37/h17-22,24H,10-16H2,1-9H3,(H2,31,38)(H,32,40)(H,33,39)(H,44,45)/t19-,20-,21-,22-,24-/m0/s1. The second kappa shape index (κ2) is 17.5. The van der Waals surface area contributed by atoms with Gasteiger partial charge in [-0.3, -0.25) is 33.7 Å². The third-order valence-electron chi connectivity index (χ3n) is 8.14. The van der Waals surface area contributed by atoms with E-state index in [1.165, 1.54) is 44.8 Å². The first kappa shape index (κ1) is 39.1. The predicted octanol–water partition coefficient (Wildman–Crippen LogP) is 0.218. The maximum absolute atomic E-state index is 13.8. The minimum atomic E-state index is -1.30. The summed E-state index contributed by atoms with van der Waals surface area (Å²) in [6.07, 6.45) is 1.19. The van der Waals surface area contributed by atoms with Crippen LogP contribution in [0.15, 0.2) is 0 Å². The minimum Gasteiger partial charge on any atom is -0.465 e. The Labute approximate surface area is 266 Å². The van der Waals surface area contributed by atoms with Gasteiger partial charge < -0.3 is 36.2 Å². The summed E-state index contributed by atoms with van der Waals surface area (Å²) in [6.45, 7) is 11.1. The molecule has 0 radical (unpaired) electrons. The number of carbonyl (C=O) groups is 7. The Bertz CT molecular complexity index is 1090. The molecule has 0 aromatic rings. The Balaban J connectivity index is 3.13. The number of rotatable bonds is 15. The average molecular weight is 640 g/mol. The Morgan fingerprint density at radius 3 is 1.80 bits per heavy atom. The van der Waals surface area contributed by atoms with E-state index in [9.17, 15) is 38.7 Å². The Kier molecular flexibility index (Phi) is 15.2. The quantitative estimate of drug-likeness (QED) is 0.195. The number of likely N-dealkylation sites (N-methyl/N-ethyl adjacent to an activating group) is 3. The van der Waals surface area contributed by atoms with Crippen LogP contribution in [0.1, 0.15) is 73.6 Å². The highest BCUT2D eigenvalue weighted by Gasteiger charge is 2.40. The summed E-state index contributed by atoms with van der Waals surface area (Å²) in [5.41, 5.74) is 5.45. The van der Waals surface area contributed by atoms with E-state index in [2.05, 4.69) is 10.6 Å². The molecule has 45 heavy (non-hydrogen) atoms. The molecule has 0 bridgehead atoms. The lowest BCUT2D eigenvalue weighted by molar-refractivity contribution is -0.153. The number of amides is 7. The van der Waals surface area contributed by atoms with Crippen LogP contribution in [0, 0.1) is 11.8 Å². The van der Waals surface area contributed by atoms with Crippen molar-refractivity contribution in [2.45, 2.75) is 104 Å². The van der Waals surface area contributed by atoms with Crippen molar-refractivity contribution in [3.05, 3.63) is 0 Å². The summed E-state index contributed by atoms with van der Waals surface area (Å²) < 4.78 is 0. The van der Waals surface area contributed by atoms with Crippen molar-refractivity contribution in [2.75, 3.05) is 34.2 Å². The molecule has 0 aromatic heterocycles. The highest BCUT2D eigenvalue weighted by molar-refractivity contribution is 5.97. The lowest BCUT2D eigenvalue weighted by atomic mass is 9.98. The van der Waals surface area contributed by atoms with E-state index in [1.807, 2.05) is 13.8 Å². The Hall–Kier alpha value is -3.91. The SMILES string of the molecule is CC(C)C[C@H](NC(=O)[C@H](C)N(C)C(=O)O)C(=O)N[C@@H](C)C(=O)N(C)[C@H](C(=O)N(C)[C@@H](CC(N)=O)C(=O)N1CCCCC1)C(C)C. The van der Waals surface area contributed by atoms with Gasteiger partial charge in [-0.15, -0.1) is 0 Å². The topological polar surface area (TPSA) is 203 Å². The molecule has 0 unspecified atom stereocenters. The van der Waals surface area contributed by atoms with Gasteiger partial charge in [0.05, 0.1) is 6.42 Å². The van der Waals surface area contributed by atoms with Crippen molar-refractivity contribution in [1.29, 1.82) is 0 Å². The summed E-state index contributed by atoms with van der Waals surface area (Å²) in [6, 6.07) is -5.39. The predicted molar refractivity (Wildman–Crippen MR) is 166 cm³/mol. The summed E-state index contributed by atoms with van der Waals surface area (Å²) in [5, 5.41) is 14.4. The fourth-order valence-electron chi connectivity index (χ4n) is 5.32. The van der Waals surface area contributed by atoms with Gasteiger partial charge >= 0.3 is 6.09 Å². The first-order valence-corrected chi connectivity index (χ1v) is 15.5. The normalized spacial score (nSPS) is 16.6. The van der Waals surface area contributed by atoms with Crippen LogP contribution in [0.3, 0.4) is 0 Å². The molecule has 1 saturated heterocycles. The molecule has 5 N–H and O–H groups in total. The number of piperidine rings is 1. The number of likely N-dealkylation sites (tertiary alicyclic amines) is 1. The second-order valence-electron chi connectivity index (χ2n) is 12.6. The maximum atomic E-state index is 13.8. The van der Waals surface area contributed by atoms with Crippen LogP contribution in [0.2, 0.25) is 0 Å². The number of hydrogen-bond acceptors (Lipinski definition) is 7.